The molecular formula is C37H52N4O8. The number of hydrogen-bond acceptors (Lipinski definition) is 12. The quantitative estimate of drug-likeness (QED) is 0.0443. The summed E-state index contributed by atoms with van der Waals surface area (Å²) in [5.41, 5.74) is 24.0. The SMILES string of the molecule is COc1ccc(/C=C/C(=O)C2CCC/C(=C\c3ccc(OC(=O)C(N)CCCCN)c(OC)c3)C2=O)cc1OC.NCCCCC(N)C=O. The van der Waals surface area contributed by atoms with Crippen molar-refractivity contribution in [1.82, 2.24) is 0 Å². The van der Waals surface area contributed by atoms with Gasteiger partial charge in [-0.05, 0) is 111 Å². The van der Waals surface area contributed by atoms with Crippen LogP contribution in [0.25, 0.3) is 12.2 Å². The lowest BCUT2D eigenvalue weighted by atomic mass is 9.81. The van der Waals surface area contributed by atoms with Crippen LogP contribution in [0.3, 0.4) is 0 Å². The molecule has 0 radical (unpaired) electrons. The van der Waals surface area contributed by atoms with Crippen LogP contribution in [0, 0.1) is 5.92 Å². The van der Waals surface area contributed by atoms with E-state index in [1.165, 1.54) is 13.2 Å². The highest BCUT2D eigenvalue weighted by molar-refractivity contribution is 6.16. The first-order valence-electron chi connectivity index (χ1n) is 16.6. The van der Waals surface area contributed by atoms with Gasteiger partial charge in [-0.3, -0.25) is 9.59 Å². The number of ether oxygens (including phenoxy) is 4. The Balaban J connectivity index is 0.000000811. The van der Waals surface area contributed by atoms with Crippen molar-refractivity contribution in [3.63, 3.8) is 0 Å². The van der Waals surface area contributed by atoms with Crippen LogP contribution in [0.1, 0.15) is 68.9 Å². The molecule has 1 fully saturated rings. The molecule has 3 rings (SSSR count). The third-order valence-electron chi connectivity index (χ3n) is 7.94. The highest BCUT2D eigenvalue weighted by Gasteiger charge is 2.31. The van der Waals surface area contributed by atoms with Crippen LogP contribution >= 0.6 is 0 Å². The van der Waals surface area contributed by atoms with Gasteiger partial charge < -0.3 is 46.7 Å². The Labute approximate surface area is 289 Å². The average molecular weight is 681 g/mol. The molecule has 12 nitrogen and oxygen atoms in total. The average Bonchev–Trinajstić information content (AvgIpc) is 3.12. The van der Waals surface area contributed by atoms with Crippen molar-refractivity contribution in [2.24, 2.45) is 28.9 Å². The predicted molar refractivity (Wildman–Crippen MR) is 190 cm³/mol. The van der Waals surface area contributed by atoms with E-state index in [4.69, 9.17) is 41.9 Å². The minimum absolute atomic E-state index is 0.189. The summed E-state index contributed by atoms with van der Waals surface area (Å²) in [4.78, 5) is 48.5. The van der Waals surface area contributed by atoms with Crippen molar-refractivity contribution >= 4 is 36.0 Å². The number of benzene rings is 2. The fourth-order valence-electron chi connectivity index (χ4n) is 5.10. The zero-order valence-corrected chi connectivity index (χ0v) is 28.9. The lowest BCUT2D eigenvalue weighted by molar-refractivity contribution is -0.136. The van der Waals surface area contributed by atoms with Gasteiger partial charge in [-0.15, -0.1) is 0 Å². The lowest BCUT2D eigenvalue weighted by Crippen LogP contribution is -2.34. The van der Waals surface area contributed by atoms with E-state index in [1.807, 2.05) is 6.07 Å². The molecule has 268 valence electrons. The summed E-state index contributed by atoms with van der Waals surface area (Å²) in [5.74, 6) is 0.00762. The number of esters is 1. The van der Waals surface area contributed by atoms with Crippen LogP contribution in [0.5, 0.6) is 23.0 Å². The van der Waals surface area contributed by atoms with E-state index >= 15 is 0 Å². The second-order valence-electron chi connectivity index (χ2n) is 11.6. The highest BCUT2D eigenvalue weighted by atomic mass is 16.6. The topological polar surface area (TPSA) is 209 Å². The Morgan fingerprint density at radius 1 is 0.837 bits per heavy atom. The van der Waals surface area contributed by atoms with Gasteiger partial charge in [0.2, 0.25) is 0 Å². The van der Waals surface area contributed by atoms with Crippen molar-refractivity contribution in [2.75, 3.05) is 34.4 Å². The Bertz CT molecular complexity index is 1440. The Hall–Kier alpha value is -4.36. The van der Waals surface area contributed by atoms with Crippen molar-refractivity contribution in [3.05, 3.63) is 59.2 Å². The second-order valence-corrected chi connectivity index (χ2v) is 11.6. The van der Waals surface area contributed by atoms with Crippen LogP contribution in [-0.4, -0.2) is 70.3 Å². The number of Topliss-reactive ketones (excluding diaryl/α,β-unsaturated/α-hetero) is 1. The van der Waals surface area contributed by atoms with Crippen molar-refractivity contribution < 1.29 is 38.1 Å². The minimum atomic E-state index is -0.756. The van der Waals surface area contributed by atoms with E-state index in [1.54, 1.807) is 56.7 Å². The van der Waals surface area contributed by atoms with Crippen molar-refractivity contribution in [3.8, 4) is 23.0 Å². The number of methoxy groups -OCH3 is 3. The van der Waals surface area contributed by atoms with Gasteiger partial charge in [-0.1, -0.05) is 31.1 Å². The molecule has 0 saturated heterocycles. The van der Waals surface area contributed by atoms with Crippen LogP contribution < -0.4 is 41.9 Å². The number of carbonyl (C=O) groups excluding carboxylic acids is 4. The maximum Gasteiger partial charge on any atom is 0.328 e. The summed E-state index contributed by atoms with van der Waals surface area (Å²) in [6.45, 7) is 1.23. The van der Waals surface area contributed by atoms with E-state index < -0.39 is 17.9 Å². The number of ketones is 2. The summed E-state index contributed by atoms with van der Waals surface area (Å²) in [7, 11) is 4.57. The molecule has 3 unspecified atom stereocenters. The number of carbonyl (C=O) groups is 4. The fraction of sp³-hybridized carbons (Fsp3) is 0.459. The van der Waals surface area contributed by atoms with Crippen LogP contribution in [0.4, 0.5) is 0 Å². The number of unbranched alkanes of at least 4 members (excludes halogenated alkanes) is 2. The second kappa shape index (κ2) is 22.3. The monoisotopic (exact) mass is 680 g/mol. The Morgan fingerprint density at radius 2 is 1.43 bits per heavy atom. The number of rotatable bonds is 18. The molecule has 0 aromatic heterocycles. The van der Waals surface area contributed by atoms with Gasteiger partial charge in [0.15, 0.2) is 34.6 Å². The third-order valence-corrected chi connectivity index (χ3v) is 7.94. The number of aldehydes is 1. The zero-order valence-electron chi connectivity index (χ0n) is 28.9. The summed E-state index contributed by atoms with van der Waals surface area (Å²) >= 11 is 0. The maximum atomic E-state index is 13.2. The number of nitrogens with two attached hydrogens (primary N) is 4. The smallest absolute Gasteiger partial charge is 0.328 e. The molecule has 1 saturated carbocycles. The van der Waals surface area contributed by atoms with Gasteiger partial charge >= 0.3 is 5.97 Å². The molecule has 0 heterocycles. The first-order chi connectivity index (χ1) is 23.6. The molecule has 2 aromatic rings. The molecule has 49 heavy (non-hydrogen) atoms. The summed E-state index contributed by atoms with van der Waals surface area (Å²) in [5, 5.41) is 0. The Morgan fingerprint density at radius 3 is 2.06 bits per heavy atom. The van der Waals surface area contributed by atoms with Crippen LogP contribution in [-0.2, 0) is 19.2 Å². The van der Waals surface area contributed by atoms with E-state index in [9.17, 15) is 19.2 Å². The van der Waals surface area contributed by atoms with Gasteiger partial charge in [0.25, 0.3) is 0 Å². The van der Waals surface area contributed by atoms with Gasteiger partial charge in [-0.25, -0.2) is 4.79 Å². The predicted octanol–water partition coefficient (Wildman–Crippen LogP) is 3.75. The molecule has 1 aliphatic carbocycles. The summed E-state index contributed by atoms with van der Waals surface area (Å²) in [6.07, 6.45) is 12.1. The molecule has 2 aromatic carbocycles. The molecule has 12 heteroatoms. The van der Waals surface area contributed by atoms with Gasteiger partial charge in [0.05, 0.1) is 33.3 Å². The van der Waals surface area contributed by atoms with Crippen LogP contribution in [0.15, 0.2) is 48.0 Å². The minimum Gasteiger partial charge on any atom is -0.493 e. The third kappa shape index (κ3) is 13.6. The summed E-state index contributed by atoms with van der Waals surface area (Å²) < 4.78 is 21.4. The van der Waals surface area contributed by atoms with Crippen molar-refractivity contribution in [2.45, 2.75) is 69.9 Å². The molecule has 0 amide bonds. The number of hydrogen-bond donors (Lipinski definition) is 4. The van der Waals surface area contributed by atoms with E-state index in [0.717, 1.165) is 44.0 Å². The molecule has 0 bridgehead atoms. The highest BCUT2D eigenvalue weighted by Crippen LogP contribution is 2.33. The molecular weight excluding hydrogens is 628 g/mol. The largest absolute Gasteiger partial charge is 0.493 e. The van der Waals surface area contributed by atoms with E-state index in [2.05, 4.69) is 0 Å². The zero-order chi connectivity index (χ0) is 36.2. The number of allylic oxidation sites excluding steroid dienone is 2. The molecule has 3 atom stereocenters. The summed E-state index contributed by atoms with van der Waals surface area (Å²) in [6, 6.07) is 9.32. The van der Waals surface area contributed by atoms with E-state index in [0.29, 0.717) is 67.2 Å². The molecule has 1 aliphatic rings. The first-order valence-corrected chi connectivity index (χ1v) is 16.6. The Kier molecular flexibility index (Phi) is 18.6. The first kappa shape index (κ1) is 40.8. The van der Waals surface area contributed by atoms with Crippen molar-refractivity contribution in [1.29, 1.82) is 0 Å². The standard InChI is InChI=1S/C31H38N2O7.C6H14N2O/c1-37-26-14-11-20(18-28(26)38-2)10-13-25(34)23-8-6-7-22(30(23)35)17-21-12-15-27(29(19-21)39-3)40-31(36)24(33)9-4-5-16-32;7-4-2-1-3-6(8)5-9/h10-15,17-19,23-24H,4-9,16,32-33H2,1-3H3;5-6H,1-4,7-8H2/b13-10+,22-17+;. The molecule has 0 spiro atoms. The molecule has 0 aliphatic heterocycles. The molecule has 8 N–H and O–H groups in total. The lowest BCUT2D eigenvalue weighted by Gasteiger charge is -2.21. The fourth-order valence-corrected chi connectivity index (χ4v) is 5.10. The van der Waals surface area contributed by atoms with Crippen LogP contribution in [0.2, 0.25) is 0 Å². The van der Waals surface area contributed by atoms with Gasteiger partial charge in [0, 0.05) is 0 Å². The van der Waals surface area contributed by atoms with Gasteiger partial charge in [-0.2, -0.15) is 0 Å². The van der Waals surface area contributed by atoms with Gasteiger partial charge in [0.1, 0.15) is 12.3 Å². The normalized spacial score (nSPS) is 16.3. The van der Waals surface area contributed by atoms with E-state index in [-0.39, 0.29) is 23.4 Å². The maximum absolute atomic E-state index is 13.2.